The van der Waals surface area contributed by atoms with Crippen molar-refractivity contribution >= 4 is 0 Å². The van der Waals surface area contributed by atoms with Crippen LogP contribution in [0.4, 0.5) is 0 Å². The first kappa shape index (κ1) is 16.5. The highest BCUT2D eigenvalue weighted by molar-refractivity contribution is 5.01. The van der Waals surface area contributed by atoms with Gasteiger partial charge in [0.1, 0.15) is 6.10 Å². The third-order valence-electron chi connectivity index (χ3n) is 3.14. The minimum atomic E-state index is -0.394. The first-order chi connectivity index (χ1) is 8.31. The van der Waals surface area contributed by atoms with Gasteiger partial charge in [-0.3, -0.25) is 0 Å². The van der Waals surface area contributed by atoms with Crippen molar-refractivity contribution in [3.8, 4) is 11.8 Å². The van der Waals surface area contributed by atoms with Gasteiger partial charge in [0.15, 0.2) is 0 Å². The summed E-state index contributed by atoms with van der Waals surface area (Å²) in [5.74, 6) is 5.53. The maximum atomic E-state index is 9.40. The summed E-state index contributed by atoms with van der Waals surface area (Å²) < 4.78 is 0. The molecular formula is C16H30O. The molecule has 1 heteroatoms. The third-order valence-corrected chi connectivity index (χ3v) is 3.14. The molecular weight excluding hydrogens is 208 g/mol. The van der Waals surface area contributed by atoms with E-state index < -0.39 is 6.10 Å². The smallest absolute Gasteiger partial charge is 0.114 e. The van der Waals surface area contributed by atoms with E-state index in [2.05, 4.69) is 18.8 Å². The molecule has 17 heavy (non-hydrogen) atoms. The zero-order valence-electron chi connectivity index (χ0n) is 11.8. The van der Waals surface area contributed by atoms with Crippen LogP contribution in [-0.2, 0) is 0 Å². The largest absolute Gasteiger partial charge is 0.380 e. The minimum Gasteiger partial charge on any atom is -0.380 e. The van der Waals surface area contributed by atoms with Gasteiger partial charge in [-0.1, -0.05) is 70.6 Å². The van der Waals surface area contributed by atoms with Gasteiger partial charge in [-0.05, 0) is 19.8 Å². The van der Waals surface area contributed by atoms with Gasteiger partial charge in [0.25, 0.3) is 0 Å². The second-order valence-corrected chi connectivity index (χ2v) is 4.88. The maximum Gasteiger partial charge on any atom is 0.114 e. The molecule has 0 fully saturated rings. The van der Waals surface area contributed by atoms with Crippen molar-refractivity contribution < 1.29 is 5.11 Å². The summed E-state index contributed by atoms with van der Waals surface area (Å²) in [6.07, 6.45) is 13.9. The molecule has 0 aliphatic carbocycles. The van der Waals surface area contributed by atoms with E-state index in [0.29, 0.717) is 0 Å². The van der Waals surface area contributed by atoms with Gasteiger partial charge in [-0.25, -0.2) is 0 Å². The standard InChI is InChI=1S/C16H30O/c1-3-5-6-7-8-9-10-11-12-13-15-16(17)14-4-2/h16-17H,3,5-13,15H2,1-2H3. The van der Waals surface area contributed by atoms with Crippen LogP contribution in [0.3, 0.4) is 0 Å². The summed E-state index contributed by atoms with van der Waals surface area (Å²) in [6, 6.07) is 0. The maximum absolute atomic E-state index is 9.40. The average molecular weight is 238 g/mol. The van der Waals surface area contributed by atoms with E-state index in [1.165, 1.54) is 57.8 Å². The molecule has 1 nitrogen and oxygen atoms in total. The van der Waals surface area contributed by atoms with Gasteiger partial charge in [-0.2, -0.15) is 0 Å². The van der Waals surface area contributed by atoms with Gasteiger partial charge >= 0.3 is 0 Å². The van der Waals surface area contributed by atoms with Crippen molar-refractivity contribution in [1.29, 1.82) is 0 Å². The zero-order valence-corrected chi connectivity index (χ0v) is 11.8. The van der Waals surface area contributed by atoms with Crippen LogP contribution >= 0.6 is 0 Å². The van der Waals surface area contributed by atoms with E-state index in [4.69, 9.17) is 0 Å². The lowest BCUT2D eigenvalue weighted by atomic mass is 10.0. The third kappa shape index (κ3) is 13.5. The number of aliphatic hydroxyl groups excluding tert-OH is 1. The van der Waals surface area contributed by atoms with Gasteiger partial charge in [0.2, 0.25) is 0 Å². The van der Waals surface area contributed by atoms with E-state index in [1.54, 1.807) is 6.92 Å². The molecule has 1 N–H and O–H groups in total. The SMILES string of the molecule is CC#CC(O)CCCCCCCCCCCC. The van der Waals surface area contributed by atoms with Crippen molar-refractivity contribution in [2.24, 2.45) is 0 Å². The molecule has 0 aromatic rings. The number of rotatable bonds is 11. The Labute approximate surface area is 108 Å². The normalized spacial score (nSPS) is 11.9. The fraction of sp³-hybridized carbons (Fsp3) is 0.875. The molecule has 0 bridgehead atoms. The van der Waals surface area contributed by atoms with Crippen LogP contribution in [0.25, 0.3) is 0 Å². The molecule has 0 rings (SSSR count). The molecule has 0 saturated carbocycles. The Bertz CT molecular complexity index is 199. The van der Waals surface area contributed by atoms with Crippen molar-refractivity contribution in [3.05, 3.63) is 0 Å². The van der Waals surface area contributed by atoms with E-state index in [1.807, 2.05) is 0 Å². The molecule has 0 amide bonds. The monoisotopic (exact) mass is 238 g/mol. The van der Waals surface area contributed by atoms with Crippen molar-refractivity contribution in [3.63, 3.8) is 0 Å². The van der Waals surface area contributed by atoms with Crippen LogP contribution in [0.2, 0.25) is 0 Å². The Morgan fingerprint density at radius 1 is 0.824 bits per heavy atom. The van der Waals surface area contributed by atoms with Crippen LogP contribution in [0.5, 0.6) is 0 Å². The first-order valence-electron chi connectivity index (χ1n) is 7.41. The molecule has 1 atom stereocenters. The molecule has 0 saturated heterocycles. The fourth-order valence-corrected chi connectivity index (χ4v) is 2.06. The quantitative estimate of drug-likeness (QED) is 0.409. The van der Waals surface area contributed by atoms with Crippen LogP contribution in [-0.4, -0.2) is 11.2 Å². The summed E-state index contributed by atoms with van der Waals surface area (Å²) in [7, 11) is 0. The minimum absolute atomic E-state index is 0.394. The molecule has 0 aliphatic heterocycles. The predicted molar refractivity (Wildman–Crippen MR) is 75.9 cm³/mol. The molecule has 0 heterocycles. The second kappa shape index (κ2) is 13.6. The van der Waals surface area contributed by atoms with Crippen molar-refractivity contribution in [2.45, 2.75) is 90.6 Å². The number of aliphatic hydroxyl groups is 1. The number of unbranched alkanes of at least 4 members (excludes halogenated alkanes) is 9. The first-order valence-corrected chi connectivity index (χ1v) is 7.41. The molecule has 0 aromatic carbocycles. The summed E-state index contributed by atoms with van der Waals surface area (Å²) in [6.45, 7) is 4.04. The highest BCUT2D eigenvalue weighted by atomic mass is 16.3. The Morgan fingerprint density at radius 3 is 1.76 bits per heavy atom. The Morgan fingerprint density at radius 2 is 1.29 bits per heavy atom. The van der Waals surface area contributed by atoms with E-state index in [9.17, 15) is 5.11 Å². The Balaban J connectivity index is 3.05. The number of hydrogen-bond acceptors (Lipinski definition) is 1. The molecule has 0 spiro atoms. The summed E-state index contributed by atoms with van der Waals surface area (Å²) in [4.78, 5) is 0. The van der Waals surface area contributed by atoms with Crippen molar-refractivity contribution in [2.75, 3.05) is 0 Å². The van der Waals surface area contributed by atoms with Gasteiger partial charge < -0.3 is 5.11 Å². The van der Waals surface area contributed by atoms with E-state index in [0.717, 1.165) is 12.8 Å². The lowest BCUT2D eigenvalue weighted by Crippen LogP contribution is -2.01. The topological polar surface area (TPSA) is 20.2 Å². The fourth-order valence-electron chi connectivity index (χ4n) is 2.06. The highest BCUT2D eigenvalue weighted by Gasteiger charge is 1.98. The Kier molecular flexibility index (Phi) is 13.2. The Hall–Kier alpha value is -0.480. The van der Waals surface area contributed by atoms with Crippen LogP contribution < -0.4 is 0 Å². The van der Waals surface area contributed by atoms with Crippen LogP contribution in [0.1, 0.15) is 84.5 Å². The predicted octanol–water partition coefficient (Wildman–Crippen LogP) is 4.68. The number of hydrogen-bond donors (Lipinski definition) is 1. The summed E-state index contributed by atoms with van der Waals surface area (Å²) in [5.41, 5.74) is 0. The van der Waals surface area contributed by atoms with Gasteiger partial charge in [0, 0.05) is 0 Å². The lowest BCUT2D eigenvalue weighted by molar-refractivity contribution is 0.217. The van der Waals surface area contributed by atoms with E-state index >= 15 is 0 Å². The summed E-state index contributed by atoms with van der Waals surface area (Å²) in [5, 5.41) is 9.40. The average Bonchev–Trinajstić information content (AvgIpc) is 2.32. The molecule has 1 unspecified atom stereocenters. The zero-order chi connectivity index (χ0) is 12.8. The van der Waals surface area contributed by atoms with Crippen LogP contribution in [0, 0.1) is 11.8 Å². The highest BCUT2D eigenvalue weighted by Crippen LogP contribution is 2.11. The molecule has 100 valence electrons. The van der Waals surface area contributed by atoms with Gasteiger partial charge in [0.05, 0.1) is 0 Å². The summed E-state index contributed by atoms with van der Waals surface area (Å²) >= 11 is 0. The van der Waals surface area contributed by atoms with Crippen LogP contribution in [0.15, 0.2) is 0 Å². The second-order valence-electron chi connectivity index (χ2n) is 4.88. The lowest BCUT2D eigenvalue weighted by Gasteiger charge is -2.04. The molecule has 0 aliphatic rings. The van der Waals surface area contributed by atoms with Crippen molar-refractivity contribution in [1.82, 2.24) is 0 Å². The van der Waals surface area contributed by atoms with Gasteiger partial charge in [-0.15, -0.1) is 5.92 Å². The molecule has 0 radical (unpaired) electrons. The molecule has 0 aromatic heterocycles. The van der Waals surface area contributed by atoms with E-state index in [-0.39, 0.29) is 0 Å².